The average Bonchev–Trinajstić information content (AvgIpc) is 2.38. The minimum absolute atomic E-state index is 0.424. The minimum atomic E-state index is -0.424. The van der Waals surface area contributed by atoms with Crippen LogP contribution in [0.1, 0.15) is 0 Å². The second-order valence-corrected chi connectivity index (χ2v) is 4.25. The van der Waals surface area contributed by atoms with Gasteiger partial charge >= 0.3 is 0 Å². The van der Waals surface area contributed by atoms with Crippen molar-refractivity contribution in [2.24, 2.45) is 0 Å². The number of nitro groups is 1. The molecule has 2 rings (SSSR count). The number of hydrogen-bond acceptors (Lipinski definition) is 3. The van der Waals surface area contributed by atoms with Crippen molar-refractivity contribution in [3.8, 4) is 0 Å². The van der Waals surface area contributed by atoms with Crippen LogP contribution in [-0.4, -0.2) is 5.03 Å². The largest absolute Gasteiger partial charge is 0.234 e. The van der Waals surface area contributed by atoms with E-state index in [2.05, 4.69) is 0 Å². The Balaban J connectivity index is 2.23. The zero-order valence-electron chi connectivity index (χ0n) is 8.89. The van der Waals surface area contributed by atoms with Gasteiger partial charge in [0, 0.05) is 4.90 Å². The molecule has 0 amide bonds. The summed E-state index contributed by atoms with van der Waals surface area (Å²) in [5.74, 6) is 0. The highest BCUT2D eigenvalue weighted by Crippen LogP contribution is 2.28. The van der Waals surface area contributed by atoms with Crippen molar-refractivity contribution in [1.82, 2.24) is 0 Å². The van der Waals surface area contributed by atoms with Crippen LogP contribution in [0, 0.1) is 10.1 Å². The Labute approximate surface area is 103 Å². The van der Waals surface area contributed by atoms with Gasteiger partial charge < -0.3 is 0 Å². The van der Waals surface area contributed by atoms with Crippen LogP contribution in [0.5, 0.6) is 0 Å². The molecule has 0 radical (unpaired) electrons. The van der Waals surface area contributed by atoms with Gasteiger partial charge in [0.25, 0.3) is 0 Å². The molecule has 0 N–H and O–H groups in total. The fourth-order valence-corrected chi connectivity index (χ4v) is 2.09. The summed E-state index contributed by atoms with van der Waals surface area (Å²) in [4.78, 5) is 11.8. The first-order valence-corrected chi connectivity index (χ1v) is 5.77. The highest BCUT2D eigenvalue weighted by atomic mass is 32.2. The molecule has 86 valence electrons. The molecule has 0 saturated carbocycles. The van der Waals surface area contributed by atoms with Gasteiger partial charge in [-0.1, -0.05) is 36.4 Å². The van der Waals surface area contributed by atoms with Gasteiger partial charge in [-0.2, -0.15) is 0 Å². The van der Waals surface area contributed by atoms with Crippen molar-refractivity contribution in [3.63, 3.8) is 0 Å². The Morgan fingerprint density at radius 1 is 0.941 bits per heavy atom. The number of nitrogens with zero attached hydrogens (tertiary/aromatic N) is 2. The molecule has 0 saturated heterocycles. The first-order valence-electron chi connectivity index (χ1n) is 5.00. The molecule has 0 fully saturated rings. The van der Waals surface area contributed by atoms with E-state index in [9.17, 15) is 10.1 Å². The highest BCUT2D eigenvalue weighted by molar-refractivity contribution is 8.00. The van der Waals surface area contributed by atoms with E-state index in [1.54, 1.807) is 24.3 Å². The van der Waals surface area contributed by atoms with E-state index in [1.165, 1.54) is 0 Å². The number of rotatable bonds is 4. The number of para-hydroxylation sites is 1. The lowest BCUT2D eigenvalue weighted by Crippen LogP contribution is -2.21. The van der Waals surface area contributed by atoms with E-state index in [4.69, 9.17) is 0 Å². The topological polar surface area (TPSA) is 46.4 Å². The van der Waals surface area contributed by atoms with Crippen LogP contribution in [-0.2, 0) is 0 Å². The first kappa shape index (κ1) is 11.5. The normalized spacial score (nSPS) is 9.88. The van der Waals surface area contributed by atoms with Gasteiger partial charge in [-0.3, -0.25) is 0 Å². The maximum atomic E-state index is 11.0. The lowest BCUT2D eigenvalue weighted by atomic mass is 10.3. The fraction of sp³-hybridized carbons (Fsp3) is 0. The van der Waals surface area contributed by atoms with Crippen molar-refractivity contribution < 1.29 is 5.03 Å². The van der Waals surface area contributed by atoms with E-state index in [0.717, 1.165) is 21.3 Å². The van der Waals surface area contributed by atoms with Crippen LogP contribution in [0.25, 0.3) is 0 Å². The molecule has 0 aliphatic heterocycles. The molecule has 2 aromatic carbocycles. The van der Waals surface area contributed by atoms with Gasteiger partial charge in [0.1, 0.15) is 5.69 Å². The summed E-state index contributed by atoms with van der Waals surface area (Å²) >= 11 is 1.08. The summed E-state index contributed by atoms with van der Waals surface area (Å²) in [6, 6.07) is 18.1. The first-order chi connectivity index (χ1) is 8.27. The predicted molar refractivity (Wildman–Crippen MR) is 68.2 cm³/mol. The third-order valence-electron chi connectivity index (χ3n) is 2.06. The fourth-order valence-electron chi connectivity index (χ4n) is 1.32. The summed E-state index contributed by atoms with van der Waals surface area (Å²) < 4.78 is 1.05. The molecule has 0 atom stereocenters. The van der Waals surface area contributed by atoms with Crippen LogP contribution >= 0.6 is 11.9 Å². The van der Waals surface area contributed by atoms with Crippen molar-refractivity contribution in [2.45, 2.75) is 4.90 Å². The molecular weight excluding hydrogens is 236 g/mol. The van der Waals surface area contributed by atoms with Crippen molar-refractivity contribution in [3.05, 3.63) is 70.8 Å². The highest BCUT2D eigenvalue weighted by Gasteiger charge is 2.18. The zero-order chi connectivity index (χ0) is 12.1. The third kappa shape index (κ3) is 2.98. The minimum Gasteiger partial charge on any atom is -0.234 e. The predicted octanol–water partition coefficient (Wildman–Crippen LogP) is 3.39. The maximum absolute atomic E-state index is 11.0. The summed E-state index contributed by atoms with van der Waals surface area (Å²) in [6.45, 7) is 0. The summed E-state index contributed by atoms with van der Waals surface area (Å²) in [5, 5.41) is 10.6. The van der Waals surface area contributed by atoms with Gasteiger partial charge in [0.05, 0.1) is 11.9 Å². The van der Waals surface area contributed by atoms with Crippen molar-refractivity contribution in [1.29, 1.82) is 0 Å². The second-order valence-electron chi connectivity index (χ2n) is 3.25. The molecular formula is C12H10N2O2S. The average molecular weight is 246 g/mol. The number of benzene rings is 2. The summed E-state index contributed by atoms with van der Waals surface area (Å²) in [6.07, 6.45) is 0. The van der Waals surface area contributed by atoms with E-state index in [0.29, 0.717) is 5.69 Å². The lowest BCUT2D eigenvalue weighted by Gasteiger charge is -2.11. The van der Waals surface area contributed by atoms with Gasteiger partial charge in [0.15, 0.2) is 5.03 Å². The third-order valence-corrected chi connectivity index (χ3v) is 3.06. The van der Waals surface area contributed by atoms with Crippen molar-refractivity contribution in [2.75, 3.05) is 4.41 Å². The summed E-state index contributed by atoms with van der Waals surface area (Å²) in [5.41, 5.74) is 0.548. The Morgan fingerprint density at radius 3 is 2.00 bits per heavy atom. The Hall–Kier alpha value is -2.01. The van der Waals surface area contributed by atoms with Crippen molar-refractivity contribution >= 4 is 17.6 Å². The van der Waals surface area contributed by atoms with Gasteiger partial charge in [-0.05, 0) is 28.7 Å². The number of hydrazine groups is 1. The lowest BCUT2D eigenvalue weighted by molar-refractivity contribution is -0.472. The van der Waals surface area contributed by atoms with Gasteiger partial charge in [-0.15, -0.1) is 0 Å². The Morgan fingerprint density at radius 2 is 1.47 bits per heavy atom. The van der Waals surface area contributed by atoms with E-state index >= 15 is 0 Å². The molecule has 5 heteroatoms. The van der Waals surface area contributed by atoms with Crippen LogP contribution in [0.4, 0.5) is 5.69 Å². The molecule has 0 aromatic heterocycles. The van der Waals surface area contributed by atoms with Crippen LogP contribution in [0.15, 0.2) is 65.6 Å². The van der Waals surface area contributed by atoms with E-state index < -0.39 is 5.03 Å². The number of anilines is 1. The second kappa shape index (κ2) is 5.36. The summed E-state index contributed by atoms with van der Waals surface area (Å²) in [7, 11) is 0. The standard InChI is InChI=1S/C12H10N2O2S/c15-14(16)13(11-7-3-1-4-8-11)17-12-9-5-2-6-10-12/h1-10H. The Bertz CT molecular complexity index is 490. The molecule has 4 nitrogen and oxygen atoms in total. The van der Waals surface area contributed by atoms with Crippen LogP contribution in [0.3, 0.4) is 0 Å². The maximum Gasteiger partial charge on any atom is 0.176 e. The van der Waals surface area contributed by atoms with Crippen LogP contribution < -0.4 is 4.41 Å². The van der Waals surface area contributed by atoms with E-state index in [1.807, 2.05) is 36.4 Å². The molecule has 2 aromatic rings. The van der Waals surface area contributed by atoms with Gasteiger partial charge in [0.2, 0.25) is 0 Å². The Kier molecular flexibility index (Phi) is 3.62. The zero-order valence-corrected chi connectivity index (χ0v) is 9.71. The monoisotopic (exact) mass is 246 g/mol. The molecule has 17 heavy (non-hydrogen) atoms. The SMILES string of the molecule is O=[N+]([O-])N(Sc1ccccc1)c1ccccc1. The molecule has 0 aliphatic carbocycles. The molecule has 0 unspecified atom stereocenters. The van der Waals surface area contributed by atoms with E-state index in [-0.39, 0.29) is 0 Å². The molecule has 0 bridgehead atoms. The quantitative estimate of drug-likeness (QED) is 0.471. The smallest absolute Gasteiger partial charge is 0.176 e. The molecule has 0 spiro atoms. The van der Waals surface area contributed by atoms with Crippen LogP contribution in [0.2, 0.25) is 0 Å². The number of hydrogen-bond donors (Lipinski definition) is 0. The molecule has 0 heterocycles. The van der Waals surface area contributed by atoms with Gasteiger partial charge in [-0.25, -0.2) is 10.1 Å². The molecule has 0 aliphatic rings.